The van der Waals surface area contributed by atoms with E-state index in [4.69, 9.17) is 0 Å². The number of benzene rings is 3. The Morgan fingerprint density at radius 2 is 1.33 bits per heavy atom. The summed E-state index contributed by atoms with van der Waals surface area (Å²) in [5, 5.41) is 3.66. The third kappa shape index (κ3) is 3.42. The van der Waals surface area contributed by atoms with Crippen molar-refractivity contribution in [2.45, 2.75) is 41.7 Å². The van der Waals surface area contributed by atoms with Gasteiger partial charge in [-0.25, -0.2) is 4.79 Å². The highest BCUT2D eigenvalue weighted by Gasteiger charge is 2.63. The number of aliphatic imine (C=N–C) groups is 1. The SMILES string of the molecule is CC1(C)S[C@@H]2[C@H](NC(c3ccccc3)(c3ccccc3)c3ccccc3)C(=O)N2[C@H]1N=C=O. The summed E-state index contributed by atoms with van der Waals surface area (Å²) < 4.78 is -0.372. The molecule has 0 aromatic heterocycles. The molecule has 0 bridgehead atoms. The number of carbonyl (C=O) groups excluding carboxylic acids is 2. The number of nitrogens with zero attached hydrogens (tertiary/aromatic N) is 2. The van der Waals surface area contributed by atoms with Gasteiger partial charge in [0.1, 0.15) is 11.4 Å². The van der Waals surface area contributed by atoms with Crippen molar-refractivity contribution in [2.75, 3.05) is 0 Å². The molecule has 3 aromatic carbocycles. The Bertz CT molecular complexity index is 1100. The van der Waals surface area contributed by atoms with Gasteiger partial charge < -0.3 is 4.90 Å². The van der Waals surface area contributed by atoms with Crippen molar-refractivity contribution < 1.29 is 9.59 Å². The summed E-state index contributed by atoms with van der Waals surface area (Å²) in [6.45, 7) is 4.04. The second kappa shape index (κ2) is 8.31. The zero-order chi connectivity index (χ0) is 23.1. The van der Waals surface area contributed by atoms with Crippen molar-refractivity contribution in [1.82, 2.24) is 10.2 Å². The maximum Gasteiger partial charge on any atom is 0.245 e. The van der Waals surface area contributed by atoms with Crippen molar-refractivity contribution in [1.29, 1.82) is 0 Å². The van der Waals surface area contributed by atoms with Gasteiger partial charge in [0.25, 0.3) is 0 Å². The molecule has 1 N–H and O–H groups in total. The maximum atomic E-state index is 13.4. The standard InChI is InChI=1S/C27H25N3O2S/c1-26(2)25(28-18-31)30-23(32)22(24(30)33-26)29-27(19-12-6-3-7-13-19,20-14-8-4-9-15-20)21-16-10-5-11-17-21/h3-17,22,24-25,29H,1-2H3/t22-,24-,25-/m1/s1. The Kier molecular flexibility index (Phi) is 5.45. The van der Waals surface area contributed by atoms with E-state index in [2.05, 4.69) is 46.7 Å². The van der Waals surface area contributed by atoms with Crippen LogP contribution >= 0.6 is 11.8 Å². The molecule has 5 nitrogen and oxygen atoms in total. The minimum Gasteiger partial charge on any atom is -0.303 e. The quantitative estimate of drug-likeness (QED) is 0.261. The molecule has 5 rings (SSSR count). The Morgan fingerprint density at radius 3 is 1.76 bits per heavy atom. The van der Waals surface area contributed by atoms with Crippen LogP contribution in [0, 0.1) is 0 Å². The van der Waals surface area contributed by atoms with E-state index in [-0.39, 0.29) is 16.0 Å². The van der Waals surface area contributed by atoms with Gasteiger partial charge in [-0.05, 0) is 30.5 Å². The van der Waals surface area contributed by atoms with Crippen LogP contribution in [-0.2, 0) is 15.1 Å². The fourth-order valence-corrected chi connectivity index (χ4v) is 6.59. The molecule has 6 heteroatoms. The topological polar surface area (TPSA) is 61.8 Å². The maximum absolute atomic E-state index is 13.4. The van der Waals surface area contributed by atoms with E-state index in [9.17, 15) is 9.59 Å². The normalized spacial score (nSPS) is 23.4. The van der Waals surface area contributed by atoms with Crippen molar-refractivity contribution in [3.8, 4) is 0 Å². The molecule has 0 aliphatic carbocycles. The van der Waals surface area contributed by atoms with Crippen molar-refractivity contribution in [3.63, 3.8) is 0 Å². The summed E-state index contributed by atoms with van der Waals surface area (Å²) in [5.74, 6) is -0.0470. The largest absolute Gasteiger partial charge is 0.303 e. The van der Waals surface area contributed by atoms with E-state index >= 15 is 0 Å². The average molecular weight is 456 g/mol. The number of hydrogen-bond donors (Lipinski definition) is 1. The van der Waals surface area contributed by atoms with Crippen LogP contribution in [-0.4, -0.2) is 39.2 Å². The molecule has 0 unspecified atom stereocenters. The van der Waals surface area contributed by atoms with Gasteiger partial charge in [0.2, 0.25) is 12.0 Å². The van der Waals surface area contributed by atoms with E-state index in [1.165, 1.54) is 0 Å². The molecule has 1 amide bonds. The van der Waals surface area contributed by atoms with E-state index in [0.717, 1.165) is 16.7 Å². The molecule has 3 aromatic rings. The third-order valence-corrected chi connectivity index (χ3v) is 8.12. The van der Waals surface area contributed by atoms with Crippen LogP contribution in [0.1, 0.15) is 30.5 Å². The summed E-state index contributed by atoms with van der Waals surface area (Å²) in [6.07, 6.45) is 1.15. The first-order valence-electron chi connectivity index (χ1n) is 11.0. The lowest BCUT2D eigenvalue weighted by Gasteiger charge is -2.49. The Balaban J connectivity index is 1.64. The van der Waals surface area contributed by atoms with Gasteiger partial charge in [0.15, 0.2) is 6.17 Å². The van der Waals surface area contributed by atoms with E-state index in [1.54, 1.807) is 22.7 Å². The minimum atomic E-state index is -0.729. The monoisotopic (exact) mass is 455 g/mol. The van der Waals surface area contributed by atoms with Crippen molar-refractivity contribution in [3.05, 3.63) is 108 Å². The molecule has 0 radical (unpaired) electrons. The lowest BCUT2D eigenvalue weighted by atomic mass is 9.76. The zero-order valence-electron chi connectivity index (χ0n) is 18.5. The molecule has 0 spiro atoms. The van der Waals surface area contributed by atoms with Crippen LogP contribution in [0.5, 0.6) is 0 Å². The minimum absolute atomic E-state index is 0.0470. The number of thioether (sulfide) groups is 1. The number of β-lactam (4-membered cyclic amide) rings is 1. The molecule has 33 heavy (non-hydrogen) atoms. The van der Waals surface area contributed by atoms with E-state index < -0.39 is 17.7 Å². The molecule has 3 atom stereocenters. The molecule has 2 aliphatic rings. The van der Waals surface area contributed by atoms with Crippen molar-refractivity contribution >= 4 is 23.7 Å². The fourth-order valence-electron chi connectivity index (χ4n) is 5.03. The lowest BCUT2D eigenvalue weighted by molar-refractivity contribution is -0.149. The van der Waals surface area contributed by atoms with Crippen molar-refractivity contribution in [2.24, 2.45) is 4.99 Å². The number of hydrogen-bond acceptors (Lipinski definition) is 5. The van der Waals surface area contributed by atoms with Gasteiger partial charge in [-0.2, -0.15) is 4.99 Å². The van der Waals surface area contributed by atoms with Crippen LogP contribution in [0.25, 0.3) is 0 Å². The smallest absolute Gasteiger partial charge is 0.245 e. The molecular weight excluding hydrogens is 430 g/mol. The Labute approximate surface area is 197 Å². The molecule has 166 valence electrons. The highest BCUT2D eigenvalue weighted by molar-refractivity contribution is 8.01. The number of nitrogens with one attached hydrogen (secondary N) is 1. The van der Waals surface area contributed by atoms with Crippen LogP contribution in [0.2, 0.25) is 0 Å². The second-order valence-electron chi connectivity index (χ2n) is 8.92. The summed E-state index contributed by atoms with van der Waals surface area (Å²) in [7, 11) is 0. The van der Waals surface area contributed by atoms with Crippen LogP contribution in [0.4, 0.5) is 0 Å². The average Bonchev–Trinajstić information content (AvgIpc) is 3.09. The van der Waals surface area contributed by atoms with Crippen LogP contribution < -0.4 is 5.32 Å². The molecule has 0 saturated carbocycles. The molecule has 2 saturated heterocycles. The van der Waals surface area contributed by atoms with Gasteiger partial charge in [-0.15, -0.1) is 11.8 Å². The van der Waals surface area contributed by atoms with Gasteiger partial charge in [-0.3, -0.25) is 10.1 Å². The summed E-state index contributed by atoms with van der Waals surface area (Å²) in [4.78, 5) is 30.2. The van der Waals surface area contributed by atoms with Crippen LogP contribution in [0.3, 0.4) is 0 Å². The highest BCUT2D eigenvalue weighted by Crippen LogP contribution is 2.52. The number of fused-ring (bicyclic) bond motifs is 1. The van der Waals surface area contributed by atoms with Gasteiger partial charge in [-0.1, -0.05) is 91.0 Å². The van der Waals surface area contributed by atoms with Crippen LogP contribution in [0.15, 0.2) is 96.0 Å². The summed E-state index contributed by atoms with van der Waals surface area (Å²) in [6, 6.07) is 30.3. The lowest BCUT2D eigenvalue weighted by Crippen LogP contribution is -2.71. The number of rotatable bonds is 6. The first kappa shape index (κ1) is 21.7. The van der Waals surface area contributed by atoms with Gasteiger partial charge in [0.05, 0.1) is 10.3 Å². The third-order valence-electron chi connectivity index (χ3n) is 6.56. The van der Waals surface area contributed by atoms with Gasteiger partial charge in [0, 0.05) is 0 Å². The summed E-state index contributed by atoms with van der Waals surface area (Å²) >= 11 is 1.67. The second-order valence-corrected chi connectivity index (χ2v) is 10.7. The Hall–Kier alpha value is -3.18. The Morgan fingerprint density at radius 1 is 0.879 bits per heavy atom. The van der Waals surface area contributed by atoms with E-state index in [0.29, 0.717) is 0 Å². The first-order valence-corrected chi connectivity index (χ1v) is 11.9. The van der Waals surface area contributed by atoms with E-state index in [1.807, 2.05) is 68.4 Å². The summed E-state index contributed by atoms with van der Waals surface area (Å²) in [5.41, 5.74) is 2.43. The number of amides is 1. The van der Waals surface area contributed by atoms with Gasteiger partial charge >= 0.3 is 0 Å². The molecule has 2 heterocycles. The highest BCUT2D eigenvalue weighted by atomic mass is 32.2. The molecule has 2 fully saturated rings. The molecular formula is C27H25N3O2S. The number of carbonyl (C=O) groups is 1. The zero-order valence-corrected chi connectivity index (χ0v) is 19.3. The first-order chi connectivity index (χ1) is 16.0. The predicted octanol–water partition coefficient (Wildman–Crippen LogP) is 4.29. The predicted molar refractivity (Wildman–Crippen MR) is 130 cm³/mol. The fraction of sp³-hybridized carbons (Fsp3) is 0.259. The number of isocyanates is 1. The molecule has 2 aliphatic heterocycles.